The molecule has 3 aromatic rings. The van der Waals surface area contributed by atoms with Gasteiger partial charge in [0.1, 0.15) is 11.5 Å². The van der Waals surface area contributed by atoms with Gasteiger partial charge in [0.2, 0.25) is 0 Å². The SMILES string of the molecule is Fc1ccc(-c2cc(Br)cn3ccnc23)cc1. The fraction of sp³-hybridized carbons (Fsp3) is 0. The first-order valence-electron chi connectivity index (χ1n) is 5.12. The number of hydrogen-bond donors (Lipinski definition) is 0. The summed E-state index contributed by atoms with van der Waals surface area (Å²) in [7, 11) is 0. The van der Waals surface area contributed by atoms with Crippen molar-refractivity contribution in [3.05, 3.63) is 59.2 Å². The van der Waals surface area contributed by atoms with Gasteiger partial charge in [0, 0.05) is 28.6 Å². The molecule has 2 heterocycles. The van der Waals surface area contributed by atoms with Crippen LogP contribution in [0, 0.1) is 5.82 Å². The summed E-state index contributed by atoms with van der Waals surface area (Å²) < 4.78 is 15.8. The number of rotatable bonds is 1. The number of benzene rings is 1. The largest absolute Gasteiger partial charge is 0.305 e. The van der Waals surface area contributed by atoms with Crippen LogP contribution in [0.1, 0.15) is 0 Å². The molecule has 0 spiro atoms. The number of fused-ring (bicyclic) bond motifs is 1. The van der Waals surface area contributed by atoms with Gasteiger partial charge in [-0.3, -0.25) is 0 Å². The van der Waals surface area contributed by atoms with Gasteiger partial charge < -0.3 is 4.40 Å². The quantitative estimate of drug-likeness (QED) is 0.664. The third kappa shape index (κ3) is 1.85. The van der Waals surface area contributed by atoms with E-state index in [0.717, 1.165) is 21.2 Å². The van der Waals surface area contributed by atoms with Crippen molar-refractivity contribution < 1.29 is 4.39 Å². The van der Waals surface area contributed by atoms with E-state index in [-0.39, 0.29) is 5.82 Å². The molecular formula is C13H8BrFN2. The minimum absolute atomic E-state index is 0.233. The lowest BCUT2D eigenvalue weighted by atomic mass is 10.1. The molecule has 0 bridgehead atoms. The van der Waals surface area contributed by atoms with Crippen LogP contribution in [0.4, 0.5) is 4.39 Å². The Morgan fingerprint density at radius 3 is 2.71 bits per heavy atom. The Kier molecular flexibility index (Phi) is 2.44. The summed E-state index contributed by atoms with van der Waals surface area (Å²) in [5.41, 5.74) is 2.79. The van der Waals surface area contributed by atoms with Gasteiger partial charge in [0.05, 0.1) is 0 Å². The zero-order valence-electron chi connectivity index (χ0n) is 8.77. The third-order valence-corrected chi connectivity index (χ3v) is 3.04. The Morgan fingerprint density at radius 2 is 1.94 bits per heavy atom. The fourth-order valence-electron chi connectivity index (χ4n) is 1.84. The lowest BCUT2D eigenvalue weighted by molar-refractivity contribution is 0.628. The second-order valence-electron chi connectivity index (χ2n) is 3.74. The van der Waals surface area contributed by atoms with Gasteiger partial charge in [0.25, 0.3) is 0 Å². The van der Waals surface area contributed by atoms with Crippen molar-refractivity contribution in [1.82, 2.24) is 9.38 Å². The van der Waals surface area contributed by atoms with Crippen molar-refractivity contribution >= 4 is 21.6 Å². The van der Waals surface area contributed by atoms with Crippen molar-refractivity contribution in [2.24, 2.45) is 0 Å². The lowest BCUT2D eigenvalue weighted by Crippen LogP contribution is -1.88. The van der Waals surface area contributed by atoms with E-state index in [0.29, 0.717) is 0 Å². The van der Waals surface area contributed by atoms with Crippen molar-refractivity contribution in [2.75, 3.05) is 0 Å². The van der Waals surface area contributed by atoms with Crippen molar-refractivity contribution in [2.45, 2.75) is 0 Å². The van der Waals surface area contributed by atoms with Crippen LogP contribution >= 0.6 is 15.9 Å². The maximum Gasteiger partial charge on any atom is 0.144 e. The maximum atomic E-state index is 12.9. The summed E-state index contributed by atoms with van der Waals surface area (Å²) >= 11 is 3.46. The summed E-state index contributed by atoms with van der Waals surface area (Å²) in [4.78, 5) is 4.31. The zero-order chi connectivity index (χ0) is 11.8. The molecule has 17 heavy (non-hydrogen) atoms. The molecular weight excluding hydrogens is 283 g/mol. The van der Waals surface area contributed by atoms with E-state index in [4.69, 9.17) is 0 Å². The van der Waals surface area contributed by atoms with Crippen LogP contribution in [0.25, 0.3) is 16.8 Å². The van der Waals surface area contributed by atoms with Gasteiger partial charge in [0.15, 0.2) is 0 Å². The predicted molar refractivity (Wildman–Crippen MR) is 68.3 cm³/mol. The molecule has 0 saturated carbocycles. The third-order valence-electron chi connectivity index (χ3n) is 2.61. The summed E-state index contributed by atoms with van der Waals surface area (Å²) in [6.07, 6.45) is 5.57. The number of aromatic nitrogens is 2. The number of halogens is 2. The number of hydrogen-bond acceptors (Lipinski definition) is 1. The maximum absolute atomic E-state index is 12.9. The lowest BCUT2D eigenvalue weighted by Gasteiger charge is -2.05. The van der Waals surface area contributed by atoms with E-state index >= 15 is 0 Å². The van der Waals surface area contributed by atoms with Gasteiger partial charge in [-0.2, -0.15) is 0 Å². The van der Waals surface area contributed by atoms with E-state index in [2.05, 4.69) is 20.9 Å². The zero-order valence-corrected chi connectivity index (χ0v) is 10.4. The van der Waals surface area contributed by atoms with E-state index in [9.17, 15) is 4.39 Å². The minimum Gasteiger partial charge on any atom is -0.305 e. The smallest absolute Gasteiger partial charge is 0.144 e. The van der Waals surface area contributed by atoms with Gasteiger partial charge in [-0.15, -0.1) is 0 Å². The molecule has 0 aliphatic carbocycles. The normalized spacial score (nSPS) is 10.9. The molecule has 2 aromatic heterocycles. The summed E-state index contributed by atoms with van der Waals surface area (Å²) in [6.45, 7) is 0. The number of imidazole rings is 1. The van der Waals surface area contributed by atoms with Crippen LogP contribution in [0.5, 0.6) is 0 Å². The molecule has 3 rings (SSSR count). The van der Waals surface area contributed by atoms with Gasteiger partial charge in [-0.05, 0) is 39.7 Å². The van der Waals surface area contributed by atoms with Gasteiger partial charge >= 0.3 is 0 Å². The highest BCUT2D eigenvalue weighted by Gasteiger charge is 2.06. The Bertz CT molecular complexity index is 673. The van der Waals surface area contributed by atoms with Crippen molar-refractivity contribution in [3.63, 3.8) is 0 Å². The summed E-state index contributed by atoms with van der Waals surface area (Å²) in [5, 5.41) is 0. The number of pyridine rings is 1. The first-order chi connectivity index (χ1) is 8.24. The first kappa shape index (κ1) is 10.5. The van der Waals surface area contributed by atoms with E-state index in [1.807, 2.05) is 22.9 Å². The Hall–Kier alpha value is -1.68. The standard InChI is InChI=1S/C13H8BrFN2/c14-10-7-12(9-1-3-11(15)4-2-9)13-16-5-6-17(13)8-10/h1-8H. The Labute approximate surface area is 106 Å². The predicted octanol–water partition coefficient (Wildman–Crippen LogP) is 3.90. The molecule has 0 fully saturated rings. The summed E-state index contributed by atoms with van der Waals surface area (Å²) in [6, 6.07) is 8.40. The summed E-state index contributed by atoms with van der Waals surface area (Å²) in [5.74, 6) is -0.233. The molecule has 0 unspecified atom stereocenters. The number of nitrogens with zero attached hydrogens (tertiary/aromatic N) is 2. The fourth-order valence-corrected chi connectivity index (χ4v) is 2.29. The van der Waals surface area contributed by atoms with Crippen LogP contribution in [0.3, 0.4) is 0 Å². The van der Waals surface area contributed by atoms with E-state index < -0.39 is 0 Å². The highest BCUT2D eigenvalue weighted by Crippen LogP contribution is 2.27. The monoisotopic (exact) mass is 290 g/mol. The van der Waals surface area contributed by atoms with E-state index in [1.165, 1.54) is 12.1 Å². The topological polar surface area (TPSA) is 17.3 Å². The minimum atomic E-state index is -0.233. The van der Waals surface area contributed by atoms with Crippen molar-refractivity contribution in [1.29, 1.82) is 0 Å². The molecule has 0 amide bonds. The molecule has 0 aliphatic rings. The molecule has 0 atom stereocenters. The molecule has 0 aliphatic heterocycles. The molecule has 0 N–H and O–H groups in total. The van der Waals surface area contributed by atoms with Crippen LogP contribution in [0.2, 0.25) is 0 Å². The molecule has 2 nitrogen and oxygen atoms in total. The van der Waals surface area contributed by atoms with E-state index in [1.54, 1.807) is 18.3 Å². The average molecular weight is 291 g/mol. The molecule has 84 valence electrons. The highest BCUT2D eigenvalue weighted by molar-refractivity contribution is 9.10. The van der Waals surface area contributed by atoms with Crippen LogP contribution < -0.4 is 0 Å². The Morgan fingerprint density at radius 1 is 1.18 bits per heavy atom. The average Bonchev–Trinajstić information content (AvgIpc) is 2.77. The molecule has 0 saturated heterocycles. The van der Waals surface area contributed by atoms with Crippen molar-refractivity contribution in [3.8, 4) is 11.1 Å². The highest BCUT2D eigenvalue weighted by atomic mass is 79.9. The Balaban J connectivity index is 2.28. The first-order valence-corrected chi connectivity index (χ1v) is 5.91. The van der Waals surface area contributed by atoms with Gasteiger partial charge in [-0.1, -0.05) is 12.1 Å². The molecule has 0 radical (unpaired) electrons. The van der Waals surface area contributed by atoms with Crippen LogP contribution in [-0.4, -0.2) is 9.38 Å². The second kappa shape index (κ2) is 3.96. The van der Waals surface area contributed by atoms with Crippen LogP contribution in [0.15, 0.2) is 53.4 Å². The second-order valence-corrected chi connectivity index (χ2v) is 4.65. The molecule has 4 heteroatoms. The van der Waals surface area contributed by atoms with Gasteiger partial charge in [-0.25, -0.2) is 9.37 Å². The molecule has 1 aromatic carbocycles. The van der Waals surface area contributed by atoms with Crippen LogP contribution in [-0.2, 0) is 0 Å².